The smallest absolute Gasteiger partial charge is 0.261 e. The number of aliphatic hydroxyl groups excluding tert-OH is 1. The summed E-state index contributed by atoms with van der Waals surface area (Å²) in [4.78, 5) is 0. The number of rotatable bonds is 8. The zero-order valence-corrected chi connectivity index (χ0v) is 19.8. The number of aromatic nitrogens is 1. The molecule has 32 heavy (non-hydrogen) atoms. The number of hydrogen-bond acceptors (Lipinski definition) is 4. The molecule has 0 saturated heterocycles. The molecule has 0 aliphatic carbocycles. The third kappa shape index (κ3) is 4.54. The van der Waals surface area contributed by atoms with Crippen molar-refractivity contribution in [3.05, 3.63) is 84.2 Å². The number of aliphatic hydroxyl groups is 1. The maximum absolute atomic E-state index is 9.74. The summed E-state index contributed by atoms with van der Waals surface area (Å²) in [5.74, 6) is 0. The first kappa shape index (κ1) is 23.5. The Kier molecular flexibility index (Phi) is 7.32. The maximum atomic E-state index is 9.74. The molecule has 0 bridgehead atoms. The van der Waals surface area contributed by atoms with E-state index in [2.05, 4.69) is 57.2 Å². The van der Waals surface area contributed by atoms with Gasteiger partial charge in [-0.05, 0) is 27.9 Å². The molecule has 1 N–H and O–H groups in total. The molecule has 0 radical (unpaired) electrons. The molecule has 164 valence electrons. The van der Waals surface area contributed by atoms with E-state index in [0.29, 0.717) is 24.3 Å². The van der Waals surface area contributed by atoms with Gasteiger partial charge in [-0.15, -0.1) is 0 Å². The molecule has 0 aliphatic rings. The minimum atomic E-state index is -2.75. The van der Waals surface area contributed by atoms with Gasteiger partial charge in [-0.25, -0.2) is 0 Å². The van der Waals surface area contributed by atoms with Crippen molar-refractivity contribution in [2.75, 3.05) is 13.2 Å². The normalized spacial score (nSPS) is 12.7. The van der Waals surface area contributed by atoms with Crippen LogP contribution in [0.25, 0.3) is 0 Å². The van der Waals surface area contributed by atoms with Crippen LogP contribution in [-0.4, -0.2) is 31.2 Å². The Balaban J connectivity index is 2.10. The second kappa shape index (κ2) is 9.97. The van der Waals surface area contributed by atoms with Gasteiger partial charge in [-0.2, -0.15) is 10.5 Å². The Morgan fingerprint density at radius 2 is 1.53 bits per heavy atom. The zero-order chi connectivity index (χ0) is 23.2. The summed E-state index contributed by atoms with van der Waals surface area (Å²) in [6.45, 7) is 6.92. The molecule has 0 saturated carbocycles. The number of nitriles is 2. The summed E-state index contributed by atoms with van der Waals surface area (Å²) < 4.78 is 8.76. The fraction of sp³-hybridized carbons (Fsp3) is 0.308. The summed E-state index contributed by atoms with van der Waals surface area (Å²) in [7, 11) is -2.75. The zero-order valence-electron chi connectivity index (χ0n) is 18.8. The number of hydrogen-bond donors (Lipinski definition) is 1. The average Bonchev–Trinajstić information content (AvgIpc) is 3.23. The van der Waals surface area contributed by atoms with E-state index in [1.54, 1.807) is 16.8 Å². The minimum absolute atomic E-state index is 0.0420. The van der Waals surface area contributed by atoms with Crippen LogP contribution in [0.15, 0.2) is 72.9 Å². The molecule has 0 unspecified atom stereocenters. The Labute approximate surface area is 191 Å². The van der Waals surface area contributed by atoms with Crippen LogP contribution in [0.5, 0.6) is 0 Å². The van der Waals surface area contributed by atoms with Gasteiger partial charge in [0.15, 0.2) is 0 Å². The standard InChI is InChI=1S/C26H29N3O2Si/c1-26(2,3)32(24-10-6-4-7-11-24,25-12-8-5-9-13-25)31-20-22(14-15-30)29-19-21(17-27)16-23(29)18-28/h4-13,16,19,22,30H,14-15,20H2,1-3H3/t22-/m0/s1. The van der Waals surface area contributed by atoms with Crippen LogP contribution < -0.4 is 10.4 Å². The van der Waals surface area contributed by atoms with Crippen LogP contribution in [0.4, 0.5) is 0 Å². The van der Waals surface area contributed by atoms with Crippen molar-refractivity contribution < 1.29 is 9.53 Å². The van der Waals surface area contributed by atoms with Crippen LogP contribution in [0.3, 0.4) is 0 Å². The highest BCUT2D eigenvalue weighted by Gasteiger charge is 2.50. The molecule has 0 amide bonds. The van der Waals surface area contributed by atoms with E-state index in [4.69, 9.17) is 4.43 Å². The van der Waals surface area contributed by atoms with Gasteiger partial charge in [0.1, 0.15) is 17.8 Å². The monoisotopic (exact) mass is 443 g/mol. The van der Waals surface area contributed by atoms with Gasteiger partial charge in [0.05, 0.1) is 18.2 Å². The van der Waals surface area contributed by atoms with Crippen molar-refractivity contribution in [1.82, 2.24) is 4.57 Å². The molecule has 1 aromatic heterocycles. The predicted molar refractivity (Wildman–Crippen MR) is 128 cm³/mol. The van der Waals surface area contributed by atoms with Crippen molar-refractivity contribution in [2.24, 2.45) is 0 Å². The lowest BCUT2D eigenvalue weighted by Crippen LogP contribution is -2.66. The lowest BCUT2D eigenvalue weighted by Gasteiger charge is -2.43. The second-order valence-electron chi connectivity index (χ2n) is 8.89. The molecule has 0 spiro atoms. The summed E-state index contributed by atoms with van der Waals surface area (Å²) in [5, 5.41) is 30.8. The van der Waals surface area contributed by atoms with Crippen LogP contribution in [0.1, 0.15) is 44.5 Å². The van der Waals surface area contributed by atoms with E-state index in [9.17, 15) is 15.6 Å². The first-order valence-corrected chi connectivity index (χ1v) is 12.7. The van der Waals surface area contributed by atoms with E-state index in [1.807, 2.05) is 36.4 Å². The van der Waals surface area contributed by atoms with E-state index >= 15 is 0 Å². The topological polar surface area (TPSA) is 82.0 Å². The molecule has 3 rings (SSSR count). The Morgan fingerprint density at radius 3 is 1.97 bits per heavy atom. The molecule has 1 atom stereocenters. The van der Waals surface area contributed by atoms with Gasteiger partial charge in [-0.1, -0.05) is 81.4 Å². The largest absolute Gasteiger partial charge is 0.405 e. The maximum Gasteiger partial charge on any atom is 0.261 e. The third-order valence-corrected chi connectivity index (χ3v) is 10.9. The fourth-order valence-corrected chi connectivity index (χ4v) is 8.96. The first-order chi connectivity index (χ1) is 15.4. The summed E-state index contributed by atoms with van der Waals surface area (Å²) >= 11 is 0. The van der Waals surface area contributed by atoms with Crippen molar-refractivity contribution >= 4 is 18.7 Å². The highest BCUT2D eigenvalue weighted by Crippen LogP contribution is 2.37. The van der Waals surface area contributed by atoms with E-state index in [0.717, 1.165) is 0 Å². The van der Waals surface area contributed by atoms with Crippen LogP contribution in [-0.2, 0) is 4.43 Å². The Morgan fingerprint density at radius 1 is 0.969 bits per heavy atom. The minimum Gasteiger partial charge on any atom is -0.405 e. The molecule has 3 aromatic rings. The predicted octanol–water partition coefficient (Wildman–Crippen LogP) is 3.73. The number of benzene rings is 2. The molecule has 2 aromatic carbocycles. The first-order valence-electron chi connectivity index (χ1n) is 10.8. The second-order valence-corrected chi connectivity index (χ2v) is 13.2. The molecule has 1 heterocycles. The summed E-state index contributed by atoms with van der Waals surface area (Å²) in [5.41, 5.74) is 0.820. The van der Waals surface area contributed by atoms with Crippen molar-refractivity contribution in [1.29, 1.82) is 10.5 Å². The average molecular weight is 444 g/mol. The van der Waals surface area contributed by atoms with Crippen LogP contribution >= 0.6 is 0 Å². The summed E-state index contributed by atoms with van der Waals surface area (Å²) in [6.07, 6.45) is 2.10. The highest BCUT2D eigenvalue weighted by molar-refractivity contribution is 6.99. The van der Waals surface area contributed by atoms with E-state index in [1.165, 1.54) is 10.4 Å². The van der Waals surface area contributed by atoms with Crippen LogP contribution in [0, 0.1) is 22.7 Å². The molecule has 0 aliphatic heterocycles. The van der Waals surface area contributed by atoms with Gasteiger partial charge >= 0.3 is 0 Å². The Bertz CT molecular complexity index is 1070. The lowest BCUT2D eigenvalue weighted by atomic mass is 10.2. The van der Waals surface area contributed by atoms with Crippen molar-refractivity contribution in [2.45, 2.75) is 38.3 Å². The molecule has 5 nitrogen and oxygen atoms in total. The van der Waals surface area contributed by atoms with Gasteiger partial charge in [0.2, 0.25) is 0 Å². The van der Waals surface area contributed by atoms with Gasteiger partial charge in [0, 0.05) is 12.8 Å². The highest BCUT2D eigenvalue weighted by atomic mass is 28.4. The van der Waals surface area contributed by atoms with Gasteiger partial charge in [0.25, 0.3) is 8.32 Å². The fourth-order valence-electron chi connectivity index (χ4n) is 4.37. The number of nitrogens with zero attached hydrogens (tertiary/aromatic N) is 3. The van der Waals surface area contributed by atoms with Crippen molar-refractivity contribution in [3.8, 4) is 12.1 Å². The van der Waals surface area contributed by atoms with E-state index < -0.39 is 8.32 Å². The third-order valence-electron chi connectivity index (χ3n) is 5.86. The quantitative estimate of drug-likeness (QED) is 0.538. The molecule has 0 fully saturated rings. The van der Waals surface area contributed by atoms with E-state index in [-0.39, 0.29) is 17.7 Å². The molecule has 6 heteroatoms. The SMILES string of the molecule is CC(C)(C)[Si](OC[C@H](CCO)n1cc(C#N)cc1C#N)(c1ccccc1)c1ccccc1. The molecular formula is C26H29N3O2Si. The lowest BCUT2D eigenvalue weighted by molar-refractivity contribution is 0.192. The van der Waals surface area contributed by atoms with Crippen molar-refractivity contribution in [3.63, 3.8) is 0 Å². The Hall–Kier alpha value is -3.16. The summed E-state index contributed by atoms with van der Waals surface area (Å²) in [6, 6.07) is 26.3. The molecular weight excluding hydrogens is 414 g/mol. The van der Waals surface area contributed by atoms with Crippen LogP contribution in [0.2, 0.25) is 5.04 Å². The van der Waals surface area contributed by atoms with Gasteiger partial charge < -0.3 is 14.1 Å². The van der Waals surface area contributed by atoms with Gasteiger partial charge in [-0.3, -0.25) is 0 Å².